The lowest BCUT2D eigenvalue weighted by atomic mass is 9.90. The number of rotatable bonds is 13. The van der Waals surface area contributed by atoms with E-state index in [2.05, 4.69) is 9.80 Å². The lowest BCUT2D eigenvalue weighted by molar-refractivity contribution is -0.153. The van der Waals surface area contributed by atoms with Crippen LogP contribution in [0.1, 0.15) is 45.0 Å². The van der Waals surface area contributed by atoms with Crippen LogP contribution >= 0.6 is 23.2 Å². The maximum atomic E-state index is 13.9. The number of esters is 2. The molecule has 6 aromatic rings. The second-order valence-electron chi connectivity index (χ2n) is 16.7. The molecule has 0 amide bonds. The SMILES string of the molecule is CCOC(=O)[C@H]1CCN(CCn2c(C)cn3cc(-c4cccc(-c5cccc(-c6cc7c(=O)n(CCN8CC[C@](C)(C(=O)OCC)C8)c(C)cn7c6)c5Cl)c4Cl)cc3c2=O)C1. The standard InChI is InChI=1S/C47H52Cl2N6O6/c1-6-60-45(58)32-14-16-50(26-32)18-20-54-30(3)24-52-27-33(22-39(52)43(54)56)35-10-8-12-37(41(35)48)38-13-9-11-36(42(38)49)34-23-40-44(57)55(31(4)25-53(40)28-34)21-19-51-17-15-47(5,29-51)46(59)61-7-2/h8-13,22-25,27-28,32H,6-7,14-21,26,29H2,1-5H3/t32-,47-/m0/s1. The van der Waals surface area contributed by atoms with Crippen molar-refractivity contribution in [3.05, 3.63) is 115 Å². The molecule has 0 radical (unpaired) electrons. The zero-order valence-electron chi connectivity index (χ0n) is 35.4. The Bertz CT molecular complexity index is 2790. The number of hydrogen-bond acceptors (Lipinski definition) is 8. The van der Waals surface area contributed by atoms with Crippen LogP contribution in [-0.2, 0) is 32.2 Å². The maximum Gasteiger partial charge on any atom is 0.313 e. The van der Waals surface area contributed by atoms with Crippen LogP contribution in [-0.4, -0.2) is 92.2 Å². The molecule has 0 aliphatic carbocycles. The van der Waals surface area contributed by atoms with E-state index in [0.717, 1.165) is 70.7 Å². The maximum absolute atomic E-state index is 13.9. The van der Waals surface area contributed by atoms with E-state index in [0.29, 0.717) is 73.6 Å². The summed E-state index contributed by atoms with van der Waals surface area (Å²) in [5.74, 6) is -0.439. The lowest BCUT2D eigenvalue weighted by Gasteiger charge is -2.23. The van der Waals surface area contributed by atoms with Crippen molar-refractivity contribution in [3.63, 3.8) is 0 Å². The smallest absolute Gasteiger partial charge is 0.313 e. The first-order valence-corrected chi connectivity index (χ1v) is 21.9. The summed E-state index contributed by atoms with van der Waals surface area (Å²) in [4.78, 5) is 57.1. The van der Waals surface area contributed by atoms with Crippen LogP contribution in [0.2, 0.25) is 10.0 Å². The number of aryl methyl sites for hydroxylation is 2. The highest BCUT2D eigenvalue weighted by Crippen LogP contribution is 2.43. The van der Waals surface area contributed by atoms with Gasteiger partial charge in [-0.15, -0.1) is 0 Å². The number of aromatic nitrogens is 4. The largest absolute Gasteiger partial charge is 0.466 e. The number of hydrogen-bond donors (Lipinski definition) is 0. The summed E-state index contributed by atoms with van der Waals surface area (Å²) in [6.45, 7) is 15.3. The fourth-order valence-electron chi connectivity index (χ4n) is 9.12. The third-order valence-corrected chi connectivity index (χ3v) is 13.3. The Morgan fingerprint density at radius 1 is 0.705 bits per heavy atom. The van der Waals surface area contributed by atoms with Gasteiger partial charge in [0.1, 0.15) is 11.0 Å². The van der Waals surface area contributed by atoms with E-state index < -0.39 is 5.41 Å². The molecule has 0 unspecified atom stereocenters. The van der Waals surface area contributed by atoms with E-state index >= 15 is 0 Å². The van der Waals surface area contributed by atoms with Gasteiger partial charge in [0, 0.05) is 109 Å². The lowest BCUT2D eigenvalue weighted by Crippen LogP contribution is -2.36. The molecule has 6 heterocycles. The van der Waals surface area contributed by atoms with E-state index in [4.69, 9.17) is 32.7 Å². The predicted molar refractivity (Wildman–Crippen MR) is 240 cm³/mol. The number of nitrogens with zero attached hydrogens (tertiary/aromatic N) is 6. The average molecular weight is 868 g/mol. The number of benzene rings is 2. The van der Waals surface area contributed by atoms with Crippen molar-refractivity contribution in [1.29, 1.82) is 0 Å². The fraction of sp³-hybridized carbons (Fsp3) is 0.404. The van der Waals surface area contributed by atoms with E-state index in [1.54, 1.807) is 9.13 Å². The van der Waals surface area contributed by atoms with Crippen molar-refractivity contribution in [2.24, 2.45) is 11.3 Å². The van der Waals surface area contributed by atoms with Crippen molar-refractivity contribution in [3.8, 4) is 33.4 Å². The molecule has 2 aliphatic heterocycles. The van der Waals surface area contributed by atoms with E-state index in [-0.39, 0.29) is 29.0 Å². The Morgan fingerprint density at radius 2 is 1.21 bits per heavy atom. The van der Waals surface area contributed by atoms with Gasteiger partial charge >= 0.3 is 11.9 Å². The number of halogens is 2. The molecule has 0 spiro atoms. The molecule has 2 aliphatic rings. The molecule has 12 nitrogen and oxygen atoms in total. The summed E-state index contributed by atoms with van der Waals surface area (Å²) < 4.78 is 17.8. The summed E-state index contributed by atoms with van der Waals surface area (Å²) in [7, 11) is 0. The monoisotopic (exact) mass is 866 g/mol. The van der Waals surface area contributed by atoms with Crippen molar-refractivity contribution >= 4 is 46.2 Å². The third kappa shape index (κ3) is 8.18. The second kappa shape index (κ2) is 17.3. The van der Waals surface area contributed by atoms with Gasteiger partial charge in [0.05, 0.1) is 34.6 Å². The molecule has 2 aromatic carbocycles. The number of carbonyl (C=O) groups is 2. The summed E-state index contributed by atoms with van der Waals surface area (Å²) in [6.07, 6.45) is 9.25. The van der Waals surface area contributed by atoms with Crippen LogP contribution in [0.3, 0.4) is 0 Å². The first-order chi connectivity index (χ1) is 29.3. The molecule has 0 bridgehead atoms. The van der Waals surface area contributed by atoms with Crippen molar-refractivity contribution in [2.75, 3.05) is 52.5 Å². The third-order valence-electron chi connectivity index (χ3n) is 12.5. The molecule has 61 heavy (non-hydrogen) atoms. The Kier molecular flexibility index (Phi) is 12.1. The van der Waals surface area contributed by atoms with Gasteiger partial charge in [-0.1, -0.05) is 59.6 Å². The molecule has 2 fully saturated rings. The van der Waals surface area contributed by atoms with Crippen molar-refractivity contribution in [2.45, 2.75) is 60.5 Å². The fourth-order valence-corrected chi connectivity index (χ4v) is 9.79. The van der Waals surface area contributed by atoms with Crippen LogP contribution in [0.5, 0.6) is 0 Å². The normalized spacial score (nSPS) is 18.4. The second-order valence-corrected chi connectivity index (χ2v) is 17.4. The average Bonchev–Trinajstić information content (AvgIpc) is 4.05. The topological polar surface area (TPSA) is 112 Å². The number of fused-ring (bicyclic) bond motifs is 2. The van der Waals surface area contributed by atoms with Gasteiger partial charge in [-0.25, -0.2) is 0 Å². The molecule has 2 atom stereocenters. The van der Waals surface area contributed by atoms with Gasteiger partial charge < -0.3 is 37.2 Å². The first kappa shape index (κ1) is 42.5. The molecule has 14 heteroatoms. The van der Waals surface area contributed by atoms with Crippen LogP contribution in [0, 0.1) is 25.2 Å². The number of ether oxygens (including phenoxy) is 2. The van der Waals surface area contributed by atoms with Gasteiger partial charge in [0.2, 0.25) is 0 Å². The predicted octanol–water partition coefficient (Wildman–Crippen LogP) is 7.60. The summed E-state index contributed by atoms with van der Waals surface area (Å²) in [6, 6.07) is 15.4. The van der Waals surface area contributed by atoms with Gasteiger partial charge in [-0.3, -0.25) is 19.2 Å². The van der Waals surface area contributed by atoms with Crippen LogP contribution in [0.4, 0.5) is 0 Å². The minimum atomic E-state index is -0.536. The zero-order chi connectivity index (χ0) is 43.2. The van der Waals surface area contributed by atoms with Gasteiger partial charge in [0.25, 0.3) is 11.1 Å². The minimum absolute atomic E-state index is 0.0949. The highest BCUT2D eigenvalue weighted by atomic mass is 35.5. The quantitative estimate of drug-likeness (QED) is 0.109. The molecule has 8 rings (SSSR count). The summed E-state index contributed by atoms with van der Waals surface area (Å²) in [5, 5.41) is 1.00. The van der Waals surface area contributed by atoms with Gasteiger partial charge in [-0.2, -0.15) is 0 Å². The zero-order valence-corrected chi connectivity index (χ0v) is 36.9. The summed E-state index contributed by atoms with van der Waals surface area (Å²) >= 11 is 14.5. The number of carbonyl (C=O) groups excluding carboxylic acids is 2. The minimum Gasteiger partial charge on any atom is -0.466 e. The van der Waals surface area contributed by atoms with E-state index in [1.165, 1.54) is 0 Å². The summed E-state index contributed by atoms with van der Waals surface area (Å²) in [5.41, 5.74) is 6.61. The molecule has 0 N–H and O–H groups in total. The Balaban J connectivity index is 1.03. The van der Waals surface area contributed by atoms with Crippen LogP contribution in [0.15, 0.2) is 82.9 Å². The van der Waals surface area contributed by atoms with Gasteiger partial charge in [0.15, 0.2) is 0 Å². The highest BCUT2D eigenvalue weighted by Gasteiger charge is 2.41. The molecule has 2 saturated heterocycles. The highest BCUT2D eigenvalue weighted by molar-refractivity contribution is 6.39. The molecular formula is C47H52Cl2N6O6. The Labute approximate surface area is 364 Å². The molecular weight excluding hydrogens is 815 g/mol. The Morgan fingerprint density at radius 3 is 1.74 bits per heavy atom. The van der Waals surface area contributed by atoms with Crippen molar-refractivity contribution < 1.29 is 19.1 Å². The first-order valence-electron chi connectivity index (χ1n) is 21.1. The number of likely N-dealkylation sites (tertiary alicyclic amines) is 2. The van der Waals surface area contributed by atoms with E-state index in [9.17, 15) is 19.2 Å². The Hall–Kier alpha value is -5.14. The van der Waals surface area contributed by atoms with E-state index in [1.807, 2.05) is 117 Å². The molecule has 4 aromatic heterocycles. The van der Waals surface area contributed by atoms with Crippen LogP contribution in [0.25, 0.3) is 44.4 Å². The van der Waals surface area contributed by atoms with Crippen molar-refractivity contribution in [1.82, 2.24) is 27.7 Å². The molecule has 320 valence electrons. The molecule has 0 saturated carbocycles. The van der Waals surface area contributed by atoms with Crippen LogP contribution < -0.4 is 11.1 Å². The van der Waals surface area contributed by atoms with Gasteiger partial charge in [-0.05, 0) is 72.7 Å².